The van der Waals surface area contributed by atoms with Gasteiger partial charge in [0.15, 0.2) is 5.78 Å². The molecule has 1 aliphatic carbocycles. The van der Waals surface area contributed by atoms with Crippen molar-refractivity contribution >= 4 is 16.6 Å². The highest BCUT2D eigenvalue weighted by atomic mass is 19.1. The van der Waals surface area contributed by atoms with Gasteiger partial charge in [-0.25, -0.2) is 8.78 Å². The summed E-state index contributed by atoms with van der Waals surface area (Å²) in [6.07, 6.45) is 0.169. The molecular formula is C25H16F2O2. The van der Waals surface area contributed by atoms with Gasteiger partial charge in [0.25, 0.3) is 0 Å². The van der Waals surface area contributed by atoms with E-state index in [0.29, 0.717) is 11.1 Å². The monoisotopic (exact) mass is 386 g/mol. The van der Waals surface area contributed by atoms with Gasteiger partial charge in [0, 0.05) is 17.5 Å². The van der Waals surface area contributed by atoms with Crippen molar-refractivity contribution in [3.05, 3.63) is 118 Å². The van der Waals surface area contributed by atoms with Gasteiger partial charge in [0.2, 0.25) is 0 Å². The van der Waals surface area contributed by atoms with Crippen LogP contribution in [-0.2, 0) is 12.0 Å². The molecule has 1 N–H and O–H groups in total. The normalized spacial score (nSPS) is 14.5. The van der Waals surface area contributed by atoms with Crippen LogP contribution in [0.2, 0.25) is 0 Å². The highest BCUT2D eigenvalue weighted by Crippen LogP contribution is 2.42. The Kier molecular flexibility index (Phi) is 3.86. The minimum Gasteiger partial charge on any atom is -0.380 e. The van der Waals surface area contributed by atoms with Crippen molar-refractivity contribution in [2.45, 2.75) is 12.0 Å². The summed E-state index contributed by atoms with van der Waals surface area (Å²) in [6.45, 7) is 0. The van der Waals surface area contributed by atoms with Crippen molar-refractivity contribution in [1.82, 2.24) is 0 Å². The van der Waals surface area contributed by atoms with Crippen molar-refractivity contribution in [2.75, 3.05) is 0 Å². The van der Waals surface area contributed by atoms with E-state index in [1.54, 1.807) is 0 Å². The van der Waals surface area contributed by atoms with E-state index in [9.17, 15) is 18.7 Å². The second-order valence-electron chi connectivity index (χ2n) is 7.43. The van der Waals surface area contributed by atoms with Crippen LogP contribution in [0.3, 0.4) is 0 Å². The summed E-state index contributed by atoms with van der Waals surface area (Å²) < 4.78 is 27.7. The van der Waals surface area contributed by atoms with Crippen LogP contribution in [0.4, 0.5) is 8.78 Å². The maximum atomic E-state index is 13.9. The first-order chi connectivity index (χ1) is 14.0. The molecule has 0 unspecified atom stereocenters. The number of carbonyl (C=O) groups is 1. The largest absolute Gasteiger partial charge is 0.380 e. The molecule has 0 amide bonds. The molecule has 0 heterocycles. The van der Waals surface area contributed by atoms with Crippen LogP contribution in [0.25, 0.3) is 10.8 Å². The van der Waals surface area contributed by atoms with Gasteiger partial charge < -0.3 is 5.11 Å². The van der Waals surface area contributed by atoms with Gasteiger partial charge in [-0.15, -0.1) is 0 Å². The predicted molar refractivity (Wildman–Crippen MR) is 107 cm³/mol. The quantitative estimate of drug-likeness (QED) is 0.518. The Labute approximate surface area is 166 Å². The minimum absolute atomic E-state index is 0.0615. The molecule has 4 aromatic rings. The number of carbonyl (C=O) groups excluding carboxylic acids is 1. The fourth-order valence-electron chi connectivity index (χ4n) is 4.25. The molecule has 0 atom stereocenters. The summed E-state index contributed by atoms with van der Waals surface area (Å²) in [4.78, 5) is 12.9. The van der Waals surface area contributed by atoms with Gasteiger partial charge in [-0.05, 0) is 51.7 Å². The minimum atomic E-state index is -1.58. The molecule has 5 rings (SSSR count). The van der Waals surface area contributed by atoms with Crippen molar-refractivity contribution in [3.63, 3.8) is 0 Å². The first-order valence-corrected chi connectivity index (χ1v) is 9.30. The highest BCUT2D eigenvalue weighted by molar-refractivity contribution is 6.13. The topological polar surface area (TPSA) is 37.3 Å². The Morgan fingerprint density at radius 3 is 1.93 bits per heavy atom. The third-order valence-corrected chi connectivity index (χ3v) is 5.62. The van der Waals surface area contributed by atoms with Crippen LogP contribution in [0, 0.1) is 11.6 Å². The Hall–Kier alpha value is -3.37. The zero-order valence-corrected chi connectivity index (χ0v) is 15.3. The molecule has 0 saturated carbocycles. The summed E-state index contributed by atoms with van der Waals surface area (Å²) >= 11 is 0. The molecule has 0 saturated heterocycles. The van der Waals surface area contributed by atoms with Crippen LogP contribution < -0.4 is 0 Å². The van der Waals surface area contributed by atoms with Gasteiger partial charge in [0.1, 0.15) is 17.2 Å². The fraction of sp³-hybridized carbons (Fsp3) is 0.0800. The fourth-order valence-corrected chi connectivity index (χ4v) is 4.25. The molecule has 0 aromatic heterocycles. The molecule has 4 aromatic carbocycles. The first kappa shape index (κ1) is 17.7. The third kappa shape index (κ3) is 2.76. The molecule has 4 heteroatoms. The van der Waals surface area contributed by atoms with Gasteiger partial charge >= 0.3 is 0 Å². The maximum absolute atomic E-state index is 13.9. The lowest BCUT2D eigenvalue weighted by Crippen LogP contribution is -2.37. The lowest BCUT2D eigenvalue weighted by Gasteiger charge is -2.36. The van der Waals surface area contributed by atoms with Crippen molar-refractivity contribution in [1.29, 1.82) is 0 Å². The standard InChI is InChI=1S/C25H16F2O2/c26-18-7-9-22-20(12-18)24(28)21-13-19(27)8-10-23(21)25(22,29)14-15-5-6-16-3-1-2-4-17(16)11-15/h1-13,29H,14H2. The molecule has 142 valence electrons. The molecule has 0 aliphatic heterocycles. The second kappa shape index (κ2) is 6.33. The Balaban J connectivity index is 1.72. The van der Waals surface area contributed by atoms with E-state index in [0.717, 1.165) is 28.5 Å². The third-order valence-electron chi connectivity index (χ3n) is 5.62. The SMILES string of the molecule is O=C1c2cc(F)ccc2C(O)(Cc2ccc3ccccc3c2)c2ccc(F)cc21. The summed E-state index contributed by atoms with van der Waals surface area (Å²) in [7, 11) is 0. The Bertz CT molecular complexity index is 1240. The summed E-state index contributed by atoms with van der Waals surface area (Å²) in [5, 5.41) is 13.9. The summed E-state index contributed by atoms with van der Waals surface area (Å²) in [5.41, 5.74) is 0.0545. The molecular weight excluding hydrogens is 370 g/mol. The molecule has 0 radical (unpaired) electrons. The van der Waals surface area contributed by atoms with E-state index in [1.807, 2.05) is 42.5 Å². The molecule has 2 nitrogen and oxygen atoms in total. The summed E-state index contributed by atoms with van der Waals surface area (Å²) in [6, 6.07) is 21.3. The number of rotatable bonds is 2. The van der Waals surface area contributed by atoms with Crippen LogP contribution in [0.15, 0.2) is 78.9 Å². The zero-order valence-electron chi connectivity index (χ0n) is 15.3. The lowest BCUT2D eigenvalue weighted by molar-refractivity contribution is 0.0719. The predicted octanol–water partition coefficient (Wildman–Crippen LogP) is 5.14. The second-order valence-corrected chi connectivity index (χ2v) is 7.43. The number of halogens is 2. The lowest BCUT2D eigenvalue weighted by atomic mass is 9.71. The van der Waals surface area contributed by atoms with E-state index in [1.165, 1.54) is 24.3 Å². The first-order valence-electron chi connectivity index (χ1n) is 9.30. The number of hydrogen-bond acceptors (Lipinski definition) is 2. The average Bonchev–Trinajstić information content (AvgIpc) is 2.72. The van der Waals surface area contributed by atoms with Crippen molar-refractivity contribution in [2.24, 2.45) is 0 Å². The number of ketones is 1. The number of aliphatic hydroxyl groups is 1. The molecule has 29 heavy (non-hydrogen) atoms. The molecule has 0 spiro atoms. The number of fused-ring (bicyclic) bond motifs is 3. The maximum Gasteiger partial charge on any atom is 0.194 e. The van der Waals surface area contributed by atoms with E-state index >= 15 is 0 Å². The zero-order chi connectivity index (χ0) is 20.2. The molecule has 0 fully saturated rings. The van der Waals surface area contributed by atoms with Crippen LogP contribution >= 0.6 is 0 Å². The van der Waals surface area contributed by atoms with E-state index < -0.39 is 23.0 Å². The highest BCUT2D eigenvalue weighted by Gasteiger charge is 2.42. The van der Waals surface area contributed by atoms with Crippen LogP contribution in [0.5, 0.6) is 0 Å². The van der Waals surface area contributed by atoms with Crippen molar-refractivity contribution in [3.8, 4) is 0 Å². The van der Waals surface area contributed by atoms with E-state index in [2.05, 4.69) is 0 Å². The van der Waals surface area contributed by atoms with Gasteiger partial charge in [0.05, 0.1) is 0 Å². The Morgan fingerprint density at radius 2 is 1.31 bits per heavy atom. The molecule has 0 bridgehead atoms. The average molecular weight is 386 g/mol. The van der Waals surface area contributed by atoms with Crippen LogP contribution in [-0.4, -0.2) is 10.9 Å². The smallest absolute Gasteiger partial charge is 0.194 e. The summed E-state index contributed by atoms with van der Waals surface area (Å²) in [5.74, 6) is -1.65. The van der Waals surface area contributed by atoms with Crippen molar-refractivity contribution < 1.29 is 18.7 Å². The van der Waals surface area contributed by atoms with Crippen LogP contribution in [0.1, 0.15) is 32.6 Å². The van der Waals surface area contributed by atoms with Gasteiger partial charge in [-0.2, -0.15) is 0 Å². The molecule has 1 aliphatic rings. The van der Waals surface area contributed by atoms with E-state index in [-0.39, 0.29) is 17.5 Å². The van der Waals surface area contributed by atoms with Gasteiger partial charge in [-0.1, -0.05) is 54.6 Å². The number of hydrogen-bond donors (Lipinski definition) is 1. The van der Waals surface area contributed by atoms with Gasteiger partial charge in [-0.3, -0.25) is 4.79 Å². The van der Waals surface area contributed by atoms with E-state index in [4.69, 9.17) is 0 Å². The number of benzene rings is 4. The Morgan fingerprint density at radius 1 is 0.724 bits per heavy atom.